The summed E-state index contributed by atoms with van der Waals surface area (Å²) in [6, 6.07) is 4.27. The summed E-state index contributed by atoms with van der Waals surface area (Å²) in [7, 11) is -3.00. The molecule has 2 atom stereocenters. The molecule has 0 unspecified atom stereocenters. The van der Waals surface area contributed by atoms with Gasteiger partial charge in [-0.25, -0.2) is 8.42 Å². The number of hydrogen-bond donors (Lipinski definition) is 1. The van der Waals surface area contributed by atoms with Crippen molar-refractivity contribution in [3.05, 3.63) is 28.2 Å². The topological polar surface area (TPSA) is 93.9 Å². The molecule has 1 N–H and O–H groups in total. The minimum Gasteiger partial charge on any atom is -0.351 e. The molecule has 0 bridgehead atoms. The Morgan fingerprint density at radius 2 is 2.22 bits per heavy atom. The van der Waals surface area contributed by atoms with Crippen LogP contribution < -0.4 is 5.32 Å². The number of aromatic nitrogens is 3. The molecule has 1 saturated carbocycles. The Labute approximate surface area is 166 Å². The summed E-state index contributed by atoms with van der Waals surface area (Å²) in [6.45, 7) is 1.83. The monoisotopic (exact) mass is 426 g/mol. The van der Waals surface area contributed by atoms with Crippen LogP contribution >= 0.6 is 23.1 Å². The lowest BCUT2D eigenvalue weighted by molar-refractivity contribution is -0.120. The predicted octanol–water partition coefficient (Wildman–Crippen LogP) is 2.05. The van der Waals surface area contributed by atoms with Crippen molar-refractivity contribution in [2.24, 2.45) is 0 Å². The Hall–Kier alpha value is -1.39. The molecule has 4 rings (SSSR count). The number of carbonyl (C=O) groups excluding carboxylic acids is 1. The van der Waals surface area contributed by atoms with Crippen LogP contribution in [0.2, 0.25) is 0 Å². The minimum atomic E-state index is -3.00. The van der Waals surface area contributed by atoms with E-state index in [1.54, 1.807) is 11.3 Å². The standard InChI is InChI=1S/C17H22N4O3S3/c1-11(16(22)18-12-6-8-27(23,24)10-12)26-17-20-19-15(21(17)13-4-5-13)9-14-3-2-7-25-14/h2-3,7,11-13H,4-6,8-10H2,1H3,(H,18,22)/t11-,12-/m0/s1. The maximum Gasteiger partial charge on any atom is 0.233 e. The molecule has 2 aliphatic rings. The average Bonchev–Trinajstić information content (AvgIpc) is 3.00. The van der Waals surface area contributed by atoms with Gasteiger partial charge in [0.25, 0.3) is 0 Å². The lowest BCUT2D eigenvalue weighted by atomic mass is 10.2. The van der Waals surface area contributed by atoms with E-state index in [1.807, 2.05) is 13.0 Å². The summed E-state index contributed by atoms with van der Waals surface area (Å²) in [5.41, 5.74) is 0. The third-order valence-electron chi connectivity index (χ3n) is 4.79. The van der Waals surface area contributed by atoms with Crippen LogP contribution in [-0.4, -0.2) is 51.9 Å². The van der Waals surface area contributed by atoms with E-state index in [9.17, 15) is 13.2 Å². The summed E-state index contributed by atoms with van der Waals surface area (Å²) in [6.07, 6.45) is 3.48. The summed E-state index contributed by atoms with van der Waals surface area (Å²) >= 11 is 3.10. The van der Waals surface area contributed by atoms with E-state index >= 15 is 0 Å². The second-order valence-electron chi connectivity index (χ2n) is 7.12. The highest BCUT2D eigenvalue weighted by atomic mass is 32.2. The Morgan fingerprint density at radius 1 is 1.41 bits per heavy atom. The highest BCUT2D eigenvalue weighted by Gasteiger charge is 2.33. The third-order valence-corrected chi connectivity index (χ3v) is 8.49. The van der Waals surface area contributed by atoms with Crippen molar-refractivity contribution in [1.82, 2.24) is 20.1 Å². The quantitative estimate of drug-likeness (QED) is 0.681. The fourth-order valence-electron chi connectivity index (χ4n) is 3.22. The summed E-state index contributed by atoms with van der Waals surface area (Å²) in [5.74, 6) is 0.991. The van der Waals surface area contributed by atoms with Crippen LogP contribution in [0.25, 0.3) is 0 Å². The van der Waals surface area contributed by atoms with Gasteiger partial charge in [0.2, 0.25) is 5.91 Å². The van der Waals surface area contributed by atoms with Gasteiger partial charge in [-0.1, -0.05) is 17.8 Å². The van der Waals surface area contributed by atoms with Crippen molar-refractivity contribution in [2.45, 2.75) is 55.1 Å². The van der Waals surface area contributed by atoms with Crippen molar-refractivity contribution < 1.29 is 13.2 Å². The van der Waals surface area contributed by atoms with Crippen molar-refractivity contribution in [2.75, 3.05) is 11.5 Å². The molecule has 0 radical (unpaired) electrons. The van der Waals surface area contributed by atoms with Gasteiger partial charge < -0.3 is 9.88 Å². The molecular weight excluding hydrogens is 404 g/mol. The van der Waals surface area contributed by atoms with Crippen molar-refractivity contribution in [3.63, 3.8) is 0 Å². The molecule has 1 aliphatic heterocycles. The number of hydrogen-bond acceptors (Lipinski definition) is 7. The Kier molecular flexibility index (Phi) is 5.30. The lowest BCUT2D eigenvalue weighted by Gasteiger charge is -2.16. The molecule has 2 aromatic heterocycles. The molecule has 2 fully saturated rings. The average molecular weight is 427 g/mol. The van der Waals surface area contributed by atoms with E-state index in [2.05, 4.69) is 31.5 Å². The van der Waals surface area contributed by atoms with E-state index < -0.39 is 9.84 Å². The SMILES string of the molecule is C[C@H](Sc1nnc(Cc2cccs2)n1C1CC1)C(=O)N[C@H]1CCS(=O)(=O)C1. The van der Waals surface area contributed by atoms with Gasteiger partial charge >= 0.3 is 0 Å². The first-order chi connectivity index (χ1) is 12.9. The maximum absolute atomic E-state index is 12.5. The number of rotatable bonds is 7. The van der Waals surface area contributed by atoms with Crippen LogP contribution in [0.15, 0.2) is 22.7 Å². The van der Waals surface area contributed by atoms with Gasteiger partial charge in [-0.2, -0.15) is 0 Å². The Bertz CT molecular complexity index is 919. The molecule has 146 valence electrons. The first-order valence-corrected chi connectivity index (χ1v) is 12.6. The van der Waals surface area contributed by atoms with E-state index in [4.69, 9.17) is 0 Å². The van der Waals surface area contributed by atoms with Crippen LogP contribution in [0.3, 0.4) is 0 Å². The Balaban J connectivity index is 1.42. The molecule has 27 heavy (non-hydrogen) atoms. The smallest absolute Gasteiger partial charge is 0.233 e. The largest absolute Gasteiger partial charge is 0.351 e. The fraction of sp³-hybridized carbons (Fsp3) is 0.588. The normalized spacial score (nSPS) is 22.6. The van der Waals surface area contributed by atoms with E-state index in [0.29, 0.717) is 12.5 Å². The van der Waals surface area contributed by atoms with Gasteiger partial charge in [-0.15, -0.1) is 21.5 Å². The van der Waals surface area contributed by atoms with Crippen molar-refractivity contribution in [1.29, 1.82) is 0 Å². The van der Waals surface area contributed by atoms with Crippen molar-refractivity contribution >= 4 is 38.8 Å². The zero-order chi connectivity index (χ0) is 19.0. The number of thiophene rings is 1. The molecule has 1 amide bonds. The number of nitrogens with zero attached hydrogens (tertiary/aromatic N) is 3. The van der Waals surface area contributed by atoms with E-state index in [-0.39, 0.29) is 28.7 Å². The first-order valence-electron chi connectivity index (χ1n) is 9.05. The Morgan fingerprint density at radius 3 is 2.85 bits per heavy atom. The van der Waals surface area contributed by atoms with Crippen LogP contribution in [0.1, 0.15) is 42.9 Å². The zero-order valence-electron chi connectivity index (χ0n) is 15.0. The summed E-state index contributed by atoms with van der Waals surface area (Å²) in [5, 5.41) is 14.0. The van der Waals surface area contributed by atoms with Crippen LogP contribution in [0, 0.1) is 0 Å². The molecule has 1 aliphatic carbocycles. The minimum absolute atomic E-state index is 0.0410. The number of carbonyl (C=O) groups is 1. The molecule has 7 nitrogen and oxygen atoms in total. The lowest BCUT2D eigenvalue weighted by Crippen LogP contribution is -2.40. The van der Waals surface area contributed by atoms with Gasteiger partial charge in [-0.05, 0) is 37.6 Å². The summed E-state index contributed by atoms with van der Waals surface area (Å²) in [4.78, 5) is 13.7. The van der Waals surface area contributed by atoms with Crippen LogP contribution in [0.4, 0.5) is 0 Å². The molecule has 1 saturated heterocycles. The van der Waals surface area contributed by atoms with Gasteiger partial charge in [-0.3, -0.25) is 4.79 Å². The fourth-order valence-corrected chi connectivity index (χ4v) is 6.54. The van der Waals surface area contributed by atoms with E-state index in [1.165, 1.54) is 16.6 Å². The van der Waals surface area contributed by atoms with Gasteiger partial charge in [0, 0.05) is 23.4 Å². The first kappa shape index (κ1) is 18.9. The molecule has 3 heterocycles. The molecule has 2 aromatic rings. The number of thioether (sulfide) groups is 1. The van der Waals surface area contributed by atoms with Gasteiger partial charge in [0.05, 0.1) is 16.8 Å². The second kappa shape index (κ2) is 7.56. The predicted molar refractivity (Wildman–Crippen MR) is 106 cm³/mol. The number of nitrogens with one attached hydrogen (secondary N) is 1. The zero-order valence-corrected chi connectivity index (χ0v) is 17.4. The molecule has 10 heteroatoms. The van der Waals surface area contributed by atoms with Gasteiger partial charge in [0.1, 0.15) is 5.82 Å². The summed E-state index contributed by atoms with van der Waals surface area (Å²) < 4.78 is 25.3. The highest BCUT2D eigenvalue weighted by molar-refractivity contribution is 8.00. The van der Waals surface area contributed by atoms with Crippen LogP contribution in [-0.2, 0) is 21.1 Å². The molecule has 0 spiro atoms. The van der Waals surface area contributed by atoms with Gasteiger partial charge in [0.15, 0.2) is 15.0 Å². The third kappa shape index (κ3) is 4.55. The number of sulfone groups is 1. The van der Waals surface area contributed by atoms with Crippen molar-refractivity contribution in [3.8, 4) is 0 Å². The molecule has 0 aromatic carbocycles. The van der Waals surface area contributed by atoms with Crippen LogP contribution in [0.5, 0.6) is 0 Å². The number of amides is 1. The highest BCUT2D eigenvalue weighted by Crippen LogP contribution is 2.40. The molecular formula is C17H22N4O3S3. The maximum atomic E-state index is 12.5. The second-order valence-corrected chi connectivity index (χ2v) is 11.7. The van der Waals surface area contributed by atoms with E-state index in [0.717, 1.165) is 30.2 Å².